The second-order valence-corrected chi connectivity index (χ2v) is 10.1. The molecule has 1 unspecified atom stereocenters. The minimum atomic E-state index is -0.928. The van der Waals surface area contributed by atoms with Crippen molar-refractivity contribution in [2.75, 3.05) is 30.5 Å². The number of fused-ring (bicyclic) bond motifs is 2. The average molecular weight is 517 g/mol. The van der Waals surface area contributed by atoms with Gasteiger partial charge in [-0.1, -0.05) is 56.3 Å². The van der Waals surface area contributed by atoms with Gasteiger partial charge in [0.1, 0.15) is 11.8 Å². The molecule has 3 aromatic carbocycles. The first kappa shape index (κ1) is 27.1. The molecule has 1 aliphatic heterocycles. The molecular formula is C30H36N4O4. The average Bonchev–Trinajstić information content (AvgIpc) is 3.03. The Labute approximate surface area is 223 Å². The zero-order chi connectivity index (χ0) is 27.4. The van der Waals surface area contributed by atoms with Gasteiger partial charge in [0.05, 0.1) is 37.6 Å². The molecule has 0 fully saturated rings. The normalized spacial score (nSPS) is 16.3. The number of benzene rings is 3. The van der Waals surface area contributed by atoms with Crippen LogP contribution in [0, 0.1) is 5.92 Å². The molecule has 0 radical (unpaired) electrons. The standard InChI is InChI=1S/C30H36N4O4/c1-19(2)16-28(35)33-18-24(32-29(36)20(3)31-4)30(37)34(26-13-9-8-12-25(26)33)17-23-22-11-7-6-10-21(22)14-15-27(23)38-5/h6-15,19-20,24,31H,16-18H2,1-5H3,(H,32,36)/t20-,24?/m0/s1. The van der Waals surface area contributed by atoms with Crippen LogP contribution < -0.4 is 25.2 Å². The lowest BCUT2D eigenvalue weighted by atomic mass is 10.0. The van der Waals surface area contributed by atoms with Crippen LogP contribution >= 0.6 is 0 Å². The molecule has 3 aromatic rings. The number of carbonyl (C=O) groups excluding carboxylic acids is 3. The summed E-state index contributed by atoms with van der Waals surface area (Å²) in [5, 5.41) is 7.81. The summed E-state index contributed by atoms with van der Waals surface area (Å²) in [5.41, 5.74) is 2.11. The van der Waals surface area contributed by atoms with Crippen molar-refractivity contribution in [1.82, 2.24) is 10.6 Å². The van der Waals surface area contributed by atoms with Crippen LogP contribution in [0.15, 0.2) is 60.7 Å². The van der Waals surface area contributed by atoms with E-state index in [2.05, 4.69) is 10.6 Å². The molecule has 0 bridgehead atoms. The number of methoxy groups -OCH3 is 1. The SMILES string of the molecule is CN[C@@H](C)C(=O)NC1CN(C(=O)CC(C)C)c2ccccc2N(Cc2c(OC)ccc3ccccc23)C1=O. The first-order valence-corrected chi connectivity index (χ1v) is 13.0. The van der Waals surface area contributed by atoms with Crippen molar-refractivity contribution in [3.8, 4) is 5.75 Å². The van der Waals surface area contributed by atoms with Crippen molar-refractivity contribution in [3.05, 3.63) is 66.2 Å². The Morgan fingerprint density at radius 3 is 2.37 bits per heavy atom. The summed E-state index contributed by atoms with van der Waals surface area (Å²) in [7, 11) is 3.30. The molecular weight excluding hydrogens is 480 g/mol. The van der Waals surface area contributed by atoms with Gasteiger partial charge in [-0.25, -0.2) is 0 Å². The maximum absolute atomic E-state index is 14.2. The number of hydrogen-bond donors (Lipinski definition) is 2. The fourth-order valence-corrected chi connectivity index (χ4v) is 4.81. The molecule has 2 N–H and O–H groups in total. The molecule has 1 heterocycles. The topological polar surface area (TPSA) is 91.0 Å². The lowest BCUT2D eigenvalue weighted by Gasteiger charge is -2.27. The van der Waals surface area contributed by atoms with Gasteiger partial charge in [-0.3, -0.25) is 14.4 Å². The molecule has 0 saturated heterocycles. The van der Waals surface area contributed by atoms with Gasteiger partial charge in [-0.05, 0) is 48.9 Å². The first-order chi connectivity index (χ1) is 18.2. The summed E-state index contributed by atoms with van der Waals surface area (Å²) in [6.07, 6.45) is 0.327. The van der Waals surface area contributed by atoms with E-state index in [1.807, 2.05) is 74.5 Å². The fraction of sp³-hybridized carbons (Fsp3) is 0.367. The molecule has 1 aliphatic rings. The molecule has 3 amide bonds. The van der Waals surface area contributed by atoms with E-state index in [0.717, 1.165) is 16.3 Å². The predicted octanol–water partition coefficient (Wildman–Crippen LogP) is 3.87. The Kier molecular flexibility index (Phi) is 8.32. The number of nitrogens with one attached hydrogen (secondary N) is 2. The monoisotopic (exact) mass is 516 g/mol. The Bertz CT molecular complexity index is 1340. The molecule has 4 rings (SSSR count). The van der Waals surface area contributed by atoms with Gasteiger partial charge in [0.15, 0.2) is 0 Å². The van der Waals surface area contributed by atoms with Crippen LogP contribution in [0.4, 0.5) is 11.4 Å². The zero-order valence-corrected chi connectivity index (χ0v) is 22.7. The lowest BCUT2D eigenvalue weighted by Crippen LogP contribution is -2.55. The number of hydrogen-bond acceptors (Lipinski definition) is 5. The van der Waals surface area contributed by atoms with Crippen LogP contribution in [-0.2, 0) is 20.9 Å². The highest BCUT2D eigenvalue weighted by Gasteiger charge is 2.37. The highest BCUT2D eigenvalue weighted by Crippen LogP contribution is 2.37. The smallest absolute Gasteiger partial charge is 0.251 e. The van der Waals surface area contributed by atoms with Crippen LogP contribution in [-0.4, -0.2) is 50.5 Å². The minimum absolute atomic E-state index is 0.0484. The van der Waals surface area contributed by atoms with E-state index in [1.54, 1.807) is 30.9 Å². The molecule has 2 atom stereocenters. The third-order valence-electron chi connectivity index (χ3n) is 6.95. The van der Waals surface area contributed by atoms with Crippen molar-refractivity contribution in [1.29, 1.82) is 0 Å². The first-order valence-electron chi connectivity index (χ1n) is 13.0. The van der Waals surface area contributed by atoms with Gasteiger partial charge < -0.3 is 25.2 Å². The molecule has 0 saturated carbocycles. The Balaban J connectivity index is 1.85. The van der Waals surface area contributed by atoms with Crippen molar-refractivity contribution in [3.63, 3.8) is 0 Å². The van der Waals surface area contributed by atoms with E-state index in [9.17, 15) is 14.4 Å². The zero-order valence-electron chi connectivity index (χ0n) is 22.7. The number of carbonyl (C=O) groups is 3. The number of ether oxygens (including phenoxy) is 1. The van der Waals surface area contributed by atoms with Gasteiger partial charge in [0.2, 0.25) is 11.8 Å². The minimum Gasteiger partial charge on any atom is -0.496 e. The van der Waals surface area contributed by atoms with Crippen LogP contribution in [0.1, 0.15) is 32.8 Å². The van der Waals surface area contributed by atoms with Crippen LogP contribution in [0.3, 0.4) is 0 Å². The van der Waals surface area contributed by atoms with Crippen LogP contribution in [0.5, 0.6) is 5.75 Å². The van der Waals surface area contributed by atoms with Gasteiger partial charge in [0, 0.05) is 12.0 Å². The molecule has 200 valence electrons. The molecule has 8 heteroatoms. The number of anilines is 2. The number of para-hydroxylation sites is 2. The number of rotatable bonds is 8. The number of likely N-dealkylation sites (N-methyl/N-ethyl adjacent to an activating group) is 1. The highest BCUT2D eigenvalue weighted by atomic mass is 16.5. The Hall–Kier alpha value is -3.91. The summed E-state index contributed by atoms with van der Waals surface area (Å²) >= 11 is 0. The van der Waals surface area contributed by atoms with E-state index in [0.29, 0.717) is 23.5 Å². The molecule has 0 aliphatic carbocycles. The van der Waals surface area contributed by atoms with Crippen molar-refractivity contribution >= 4 is 39.9 Å². The van der Waals surface area contributed by atoms with Crippen molar-refractivity contribution < 1.29 is 19.1 Å². The quantitative estimate of drug-likeness (QED) is 0.474. The highest BCUT2D eigenvalue weighted by molar-refractivity contribution is 6.08. The van der Waals surface area contributed by atoms with Crippen LogP contribution in [0.25, 0.3) is 10.8 Å². The van der Waals surface area contributed by atoms with E-state index in [4.69, 9.17) is 4.74 Å². The van der Waals surface area contributed by atoms with Gasteiger partial charge in [-0.2, -0.15) is 0 Å². The van der Waals surface area contributed by atoms with E-state index in [1.165, 1.54) is 0 Å². The maximum atomic E-state index is 14.2. The van der Waals surface area contributed by atoms with Crippen molar-refractivity contribution in [2.24, 2.45) is 5.92 Å². The van der Waals surface area contributed by atoms with Crippen LogP contribution in [0.2, 0.25) is 0 Å². The largest absolute Gasteiger partial charge is 0.496 e. The summed E-state index contributed by atoms with van der Waals surface area (Å²) < 4.78 is 5.71. The van der Waals surface area contributed by atoms with E-state index >= 15 is 0 Å². The molecule has 38 heavy (non-hydrogen) atoms. The second-order valence-electron chi connectivity index (χ2n) is 10.1. The Morgan fingerprint density at radius 1 is 1.00 bits per heavy atom. The summed E-state index contributed by atoms with van der Waals surface area (Å²) in [4.78, 5) is 43.8. The molecule has 8 nitrogen and oxygen atoms in total. The lowest BCUT2D eigenvalue weighted by molar-refractivity contribution is -0.128. The van der Waals surface area contributed by atoms with Gasteiger partial charge >= 0.3 is 0 Å². The third-order valence-corrected chi connectivity index (χ3v) is 6.95. The Morgan fingerprint density at radius 2 is 1.68 bits per heavy atom. The second kappa shape index (κ2) is 11.6. The summed E-state index contributed by atoms with van der Waals surface area (Å²) in [6.45, 7) is 5.96. The van der Waals surface area contributed by atoms with E-state index < -0.39 is 12.1 Å². The summed E-state index contributed by atoms with van der Waals surface area (Å²) in [6, 6.07) is 17.8. The fourth-order valence-electron chi connectivity index (χ4n) is 4.81. The van der Waals surface area contributed by atoms with Crippen molar-refractivity contribution in [2.45, 2.75) is 45.8 Å². The predicted molar refractivity (Wildman–Crippen MR) is 150 cm³/mol. The summed E-state index contributed by atoms with van der Waals surface area (Å²) in [5.74, 6) is 0.114. The maximum Gasteiger partial charge on any atom is 0.251 e. The van der Waals surface area contributed by atoms with E-state index in [-0.39, 0.29) is 36.7 Å². The van der Waals surface area contributed by atoms with Gasteiger partial charge in [0.25, 0.3) is 5.91 Å². The number of nitrogens with zero attached hydrogens (tertiary/aromatic N) is 2. The molecule has 0 spiro atoms. The molecule has 0 aromatic heterocycles. The third kappa shape index (κ3) is 5.50. The number of amides is 3. The van der Waals surface area contributed by atoms with Gasteiger partial charge in [-0.15, -0.1) is 0 Å².